The number of fused-ring (bicyclic) bond motifs is 1. The van der Waals surface area contributed by atoms with E-state index in [1.165, 1.54) is 0 Å². The van der Waals surface area contributed by atoms with Gasteiger partial charge in [-0.15, -0.1) is 0 Å². The highest BCUT2D eigenvalue weighted by Gasteiger charge is 2.38. The Morgan fingerprint density at radius 1 is 1.03 bits per heavy atom. The number of hydrogen-bond acceptors (Lipinski definition) is 3. The number of halogens is 1. The van der Waals surface area contributed by atoms with Gasteiger partial charge in [0.15, 0.2) is 0 Å². The van der Waals surface area contributed by atoms with Gasteiger partial charge in [0.25, 0.3) is 5.91 Å². The highest BCUT2D eigenvalue weighted by molar-refractivity contribution is 6.31. The molecule has 1 amide bonds. The lowest BCUT2D eigenvalue weighted by atomic mass is 9.83. The molecule has 0 fully saturated rings. The van der Waals surface area contributed by atoms with Gasteiger partial charge in [0.1, 0.15) is 23.7 Å². The van der Waals surface area contributed by atoms with E-state index in [1.54, 1.807) is 12.1 Å². The normalized spacial score (nSPS) is 16.5. The molecule has 1 heterocycles. The zero-order chi connectivity index (χ0) is 22.6. The molecule has 1 atom stereocenters. The smallest absolute Gasteiger partial charge is 0.251 e. The number of carbonyl (C=O) groups excluding carboxylic acids is 1. The lowest BCUT2D eigenvalue weighted by Crippen LogP contribution is -2.44. The molecule has 0 saturated heterocycles. The summed E-state index contributed by atoms with van der Waals surface area (Å²) in [5, 5.41) is 3.90. The van der Waals surface area contributed by atoms with Gasteiger partial charge in [-0.1, -0.05) is 61.8 Å². The third-order valence-electron chi connectivity index (χ3n) is 6.26. The van der Waals surface area contributed by atoms with E-state index in [0.717, 1.165) is 36.1 Å². The van der Waals surface area contributed by atoms with E-state index in [4.69, 9.17) is 21.1 Å². The molecular weight excluding hydrogens is 422 g/mol. The molecule has 0 saturated carbocycles. The Bertz CT molecular complexity index is 1080. The van der Waals surface area contributed by atoms with Gasteiger partial charge in [0.05, 0.1) is 6.04 Å². The zero-order valence-corrected chi connectivity index (χ0v) is 19.2. The summed E-state index contributed by atoms with van der Waals surface area (Å²) in [7, 11) is 0. The van der Waals surface area contributed by atoms with Crippen LogP contribution in [0.3, 0.4) is 0 Å². The first-order chi connectivity index (χ1) is 15.5. The van der Waals surface area contributed by atoms with Crippen LogP contribution in [0.5, 0.6) is 11.5 Å². The minimum atomic E-state index is -0.261. The predicted octanol–water partition coefficient (Wildman–Crippen LogP) is 6.73. The predicted molar refractivity (Wildman–Crippen MR) is 127 cm³/mol. The Hall–Kier alpha value is -2.98. The second-order valence-corrected chi connectivity index (χ2v) is 8.57. The highest BCUT2D eigenvalue weighted by atomic mass is 35.5. The topological polar surface area (TPSA) is 47.6 Å². The fourth-order valence-electron chi connectivity index (χ4n) is 4.15. The van der Waals surface area contributed by atoms with Crippen LogP contribution < -0.4 is 14.8 Å². The van der Waals surface area contributed by atoms with Gasteiger partial charge in [-0.2, -0.15) is 0 Å². The van der Waals surface area contributed by atoms with Crippen LogP contribution in [0.4, 0.5) is 0 Å². The minimum Gasteiger partial charge on any atom is -0.489 e. The van der Waals surface area contributed by atoms with Gasteiger partial charge in [0, 0.05) is 28.1 Å². The maximum Gasteiger partial charge on any atom is 0.251 e. The van der Waals surface area contributed by atoms with Crippen molar-refractivity contribution < 1.29 is 14.3 Å². The first kappa shape index (κ1) is 22.2. The summed E-state index contributed by atoms with van der Waals surface area (Å²) in [4.78, 5) is 13.0. The standard InChI is InChI=1S/C27H28ClNO3/c1-3-27(4-2)17-24(22-10-6-8-12-25(22)32-27)29-26(30)19-13-15-21(16-14-19)31-18-20-9-5-7-11-23(20)28/h5-16,24H,3-4,17-18H2,1-2H3,(H,29,30)/t24-/m1/s1. The van der Waals surface area contributed by atoms with E-state index in [0.29, 0.717) is 22.9 Å². The van der Waals surface area contributed by atoms with Crippen LogP contribution in [0, 0.1) is 0 Å². The fraction of sp³-hybridized carbons (Fsp3) is 0.296. The van der Waals surface area contributed by atoms with E-state index in [2.05, 4.69) is 19.2 Å². The van der Waals surface area contributed by atoms with E-state index in [9.17, 15) is 4.79 Å². The minimum absolute atomic E-state index is 0.0940. The number of ether oxygens (including phenoxy) is 2. The summed E-state index contributed by atoms with van der Waals surface area (Å²) in [5.74, 6) is 1.44. The summed E-state index contributed by atoms with van der Waals surface area (Å²) in [6.45, 7) is 4.65. The van der Waals surface area contributed by atoms with Crippen LogP contribution in [-0.4, -0.2) is 11.5 Å². The number of benzene rings is 3. The maximum absolute atomic E-state index is 13.0. The summed E-state index contributed by atoms with van der Waals surface area (Å²) in [6.07, 6.45) is 2.53. The number of para-hydroxylation sites is 1. The van der Waals surface area contributed by atoms with Crippen molar-refractivity contribution in [2.75, 3.05) is 0 Å². The van der Waals surface area contributed by atoms with E-state index in [-0.39, 0.29) is 17.6 Å². The molecule has 0 radical (unpaired) electrons. The number of nitrogens with one attached hydrogen (secondary N) is 1. The van der Waals surface area contributed by atoms with Crippen LogP contribution in [0.1, 0.15) is 60.6 Å². The lowest BCUT2D eigenvalue weighted by molar-refractivity contribution is 0.0227. The third kappa shape index (κ3) is 4.76. The number of carbonyl (C=O) groups is 1. The van der Waals surface area contributed by atoms with Crippen molar-refractivity contribution >= 4 is 17.5 Å². The molecule has 0 aliphatic carbocycles. The number of rotatable bonds is 7. The third-order valence-corrected chi connectivity index (χ3v) is 6.63. The molecule has 1 N–H and O–H groups in total. The van der Waals surface area contributed by atoms with Crippen molar-refractivity contribution in [3.8, 4) is 11.5 Å². The molecule has 4 rings (SSSR count). The molecule has 3 aromatic carbocycles. The Labute approximate surface area is 194 Å². The summed E-state index contributed by atoms with van der Waals surface area (Å²) >= 11 is 6.18. The largest absolute Gasteiger partial charge is 0.489 e. The first-order valence-electron chi connectivity index (χ1n) is 11.1. The molecule has 4 nitrogen and oxygen atoms in total. The van der Waals surface area contributed by atoms with Gasteiger partial charge in [0.2, 0.25) is 0 Å². The van der Waals surface area contributed by atoms with Crippen molar-refractivity contribution in [1.82, 2.24) is 5.32 Å². The van der Waals surface area contributed by atoms with Gasteiger partial charge in [-0.3, -0.25) is 4.79 Å². The van der Waals surface area contributed by atoms with Crippen LogP contribution in [-0.2, 0) is 6.61 Å². The summed E-state index contributed by atoms with van der Waals surface area (Å²) in [5.41, 5.74) is 2.28. The quantitative estimate of drug-likeness (QED) is 0.435. The van der Waals surface area contributed by atoms with Gasteiger partial charge in [-0.05, 0) is 49.2 Å². The zero-order valence-electron chi connectivity index (χ0n) is 18.4. The van der Waals surface area contributed by atoms with Crippen LogP contribution in [0.25, 0.3) is 0 Å². The van der Waals surface area contributed by atoms with Crippen molar-refractivity contribution in [3.63, 3.8) is 0 Å². The Morgan fingerprint density at radius 3 is 2.44 bits per heavy atom. The summed E-state index contributed by atoms with van der Waals surface area (Å²) in [6, 6.07) is 22.7. The SMILES string of the molecule is CCC1(CC)C[C@@H](NC(=O)c2ccc(OCc3ccccc3Cl)cc2)c2ccccc2O1. The number of amides is 1. The second-order valence-electron chi connectivity index (χ2n) is 8.16. The summed E-state index contributed by atoms with van der Waals surface area (Å²) < 4.78 is 12.2. The van der Waals surface area contributed by atoms with Crippen molar-refractivity contribution in [2.45, 2.75) is 51.4 Å². The fourth-order valence-corrected chi connectivity index (χ4v) is 4.34. The average Bonchev–Trinajstić information content (AvgIpc) is 2.83. The molecule has 166 valence electrons. The van der Waals surface area contributed by atoms with Crippen molar-refractivity contribution in [1.29, 1.82) is 0 Å². The van der Waals surface area contributed by atoms with Crippen molar-refractivity contribution in [2.24, 2.45) is 0 Å². The molecule has 0 aromatic heterocycles. The molecule has 32 heavy (non-hydrogen) atoms. The highest BCUT2D eigenvalue weighted by Crippen LogP contribution is 2.42. The molecule has 3 aromatic rings. The number of hydrogen-bond donors (Lipinski definition) is 1. The second kappa shape index (κ2) is 9.66. The van der Waals surface area contributed by atoms with Gasteiger partial charge in [-0.25, -0.2) is 0 Å². The molecule has 1 aliphatic heterocycles. The first-order valence-corrected chi connectivity index (χ1v) is 11.5. The van der Waals surface area contributed by atoms with Crippen molar-refractivity contribution in [3.05, 3.63) is 94.5 Å². The molecule has 0 bridgehead atoms. The molecular formula is C27H28ClNO3. The van der Waals surface area contributed by atoms with Crippen LogP contribution in [0.15, 0.2) is 72.8 Å². The molecule has 1 aliphatic rings. The monoisotopic (exact) mass is 449 g/mol. The Balaban J connectivity index is 1.45. The van der Waals surface area contributed by atoms with E-state index < -0.39 is 0 Å². The van der Waals surface area contributed by atoms with Gasteiger partial charge >= 0.3 is 0 Å². The van der Waals surface area contributed by atoms with Crippen LogP contribution in [0.2, 0.25) is 5.02 Å². The lowest BCUT2D eigenvalue weighted by Gasteiger charge is -2.41. The maximum atomic E-state index is 13.0. The average molecular weight is 450 g/mol. The molecule has 0 spiro atoms. The molecule has 0 unspecified atom stereocenters. The van der Waals surface area contributed by atoms with E-state index in [1.807, 2.05) is 60.7 Å². The van der Waals surface area contributed by atoms with Gasteiger partial charge < -0.3 is 14.8 Å². The Kier molecular flexibility index (Phi) is 6.71. The van der Waals surface area contributed by atoms with Crippen LogP contribution >= 0.6 is 11.6 Å². The molecule has 5 heteroatoms. The Morgan fingerprint density at radius 2 is 1.72 bits per heavy atom. The van der Waals surface area contributed by atoms with E-state index >= 15 is 0 Å².